The minimum absolute atomic E-state index is 0.362. The first kappa shape index (κ1) is 18.3. The number of benzene rings is 1. The van der Waals surface area contributed by atoms with E-state index in [2.05, 4.69) is 33.8 Å². The Kier molecular flexibility index (Phi) is 6.21. The van der Waals surface area contributed by atoms with Crippen LogP contribution < -0.4 is 4.74 Å². The van der Waals surface area contributed by atoms with Gasteiger partial charge < -0.3 is 9.47 Å². The zero-order valence-corrected chi connectivity index (χ0v) is 14.8. The molecule has 1 atom stereocenters. The smallest absolute Gasteiger partial charge is 0.428 e. The van der Waals surface area contributed by atoms with Gasteiger partial charge in [0.15, 0.2) is 0 Å². The summed E-state index contributed by atoms with van der Waals surface area (Å²) < 4.78 is 10.3. The first-order valence-electron chi connectivity index (χ1n) is 7.74. The normalized spacial score (nSPS) is 12.7. The van der Waals surface area contributed by atoms with Gasteiger partial charge in [-0.3, -0.25) is 0 Å². The lowest BCUT2D eigenvalue weighted by molar-refractivity contribution is 0.0206. The third kappa shape index (κ3) is 6.33. The summed E-state index contributed by atoms with van der Waals surface area (Å²) in [4.78, 5) is 11.6. The number of hydrogen-bond acceptors (Lipinski definition) is 3. The van der Waals surface area contributed by atoms with E-state index in [4.69, 9.17) is 9.47 Å². The van der Waals surface area contributed by atoms with E-state index >= 15 is 0 Å². The molecule has 3 nitrogen and oxygen atoms in total. The number of rotatable bonds is 4. The van der Waals surface area contributed by atoms with Crippen molar-refractivity contribution in [2.75, 3.05) is 0 Å². The van der Waals surface area contributed by atoms with Crippen molar-refractivity contribution in [2.24, 2.45) is 5.92 Å². The van der Waals surface area contributed by atoms with Crippen molar-refractivity contribution in [3.8, 4) is 5.75 Å². The van der Waals surface area contributed by atoms with Crippen molar-refractivity contribution in [1.29, 1.82) is 0 Å². The van der Waals surface area contributed by atoms with Gasteiger partial charge in [-0.1, -0.05) is 37.6 Å². The van der Waals surface area contributed by atoms with E-state index in [9.17, 15) is 4.79 Å². The van der Waals surface area contributed by atoms with E-state index in [1.807, 2.05) is 45.0 Å². The Labute approximate surface area is 134 Å². The largest absolute Gasteiger partial charge is 0.514 e. The average Bonchev–Trinajstić information content (AvgIpc) is 2.34. The zero-order valence-electron chi connectivity index (χ0n) is 14.8. The summed E-state index contributed by atoms with van der Waals surface area (Å²) in [6.07, 6.45) is 1.60. The van der Waals surface area contributed by atoms with Crippen LogP contribution in [-0.4, -0.2) is 11.8 Å². The van der Waals surface area contributed by atoms with Crippen LogP contribution >= 0.6 is 0 Å². The van der Waals surface area contributed by atoms with Crippen molar-refractivity contribution in [3.05, 3.63) is 41.5 Å². The van der Waals surface area contributed by atoms with Gasteiger partial charge in [0.1, 0.15) is 11.4 Å². The molecule has 122 valence electrons. The van der Waals surface area contributed by atoms with Crippen LogP contribution in [0.5, 0.6) is 5.75 Å². The standard InChI is InChI=1S/C19H28O3/c1-13(2)12-17(14(3)4)15-8-10-16(11-9-15)21-18(20)22-19(5,6)7/h8-12,14,17H,1-7H3. The summed E-state index contributed by atoms with van der Waals surface area (Å²) in [5.74, 6) is 1.37. The maximum absolute atomic E-state index is 11.6. The molecule has 0 fully saturated rings. The highest BCUT2D eigenvalue weighted by molar-refractivity contribution is 5.64. The molecule has 0 amide bonds. The summed E-state index contributed by atoms with van der Waals surface area (Å²) in [5.41, 5.74) is 1.96. The van der Waals surface area contributed by atoms with Gasteiger partial charge in [0, 0.05) is 5.92 Å². The highest BCUT2D eigenvalue weighted by Crippen LogP contribution is 2.28. The summed E-state index contributed by atoms with van der Waals surface area (Å²) in [5, 5.41) is 0. The molecule has 0 saturated carbocycles. The molecule has 22 heavy (non-hydrogen) atoms. The van der Waals surface area contributed by atoms with Crippen LogP contribution in [0.25, 0.3) is 0 Å². The Morgan fingerprint density at radius 1 is 1.09 bits per heavy atom. The van der Waals surface area contributed by atoms with E-state index in [0.717, 1.165) is 0 Å². The van der Waals surface area contributed by atoms with Gasteiger partial charge in [0.05, 0.1) is 0 Å². The highest BCUT2D eigenvalue weighted by Gasteiger charge is 2.18. The van der Waals surface area contributed by atoms with Crippen molar-refractivity contribution in [3.63, 3.8) is 0 Å². The Bertz CT molecular complexity index is 515. The summed E-state index contributed by atoms with van der Waals surface area (Å²) in [6.45, 7) is 14.0. The monoisotopic (exact) mass is 304 g/mol. The third-order valence-electron chi connectivity index (χ3n) is 3.09. The molecule has 1 unspecified atom stereocenters. The second kappa shape index (κ2) is 7.48. The number of ether oxygens (including phenoxy) is 2. The fourth-order valence-electron chi connectivity index (χ4n) is 2.16. The van der Waals surface area contributed by atoms with Crippen molar-refractivity contribution >= 4 is 6.16 Å². The van der Waals surface area contributed by atoms with Crippen LogP contribution in [0.3, 0.4) is 0 Å². The average molecular weight is 304 g/mol. The molecule has 0 aliphatic heterocycles. The Morgan fingerprint density at radius 3 is 2.05 bits per heavy atom. The SMILES string of the molecule is CC(C)=CC(c1ccc(OC(=O)OC(C)(C)C)cc1)C(C)C. The molecule has 0 aliphatic rings. The van der Waals surface area contributed by atoms with Gasteiger partial charge in [0.25, 0.3) is 0 Å². The van der Waals surface area contributed by atoms with Gasteiger partial charge in [-0.05, 0) is 58.2 Å². The first-order chi connectivity index (χ1) is 10.1. The van der Waals surface area contributed by atoms with Crippen molar-refractivity contribution in [2.45, 2.75) is 60.0 Å². The Balaban J connectivity index is 2.81. The van der Waals surface area contributed by atoms with Crippen LogP contribution in [0.1, 0.15) is 59.9 Å². The predicted molar refractivity (Wildman–Crippen MR) is 90.3 cm³/mol. The van der Waals surface area contributed by atoms with E-state index in [-0.39, 0.29) is 0 Å². The molecule has 0 aromatic heterocycles. The summed E-state index contributed by atoms with van der Waals surface area (Å²) >= 11 is 0. The minimum Gasteiger partial charge on any atom is -0.428 e. The molecule has 0 aliphatic carbocycles. The molecule has 0 heterocycles. The summed E-state index contributed by atoms with van der Waals surface area (Å²) in [7, 11) is 0. The van der Waals surface area contributed by atoms with Crippen LogP contribution in [0.15, 0.2) is 35.9 Å². The third-order valence-corrected chi connectivity index (χ3v) is 3.09. The number of carbonyl (C=O) groups is 1. The number of allylic oxidation sites excluding steroid dienone is 2. The second-order valence-electron chi connectivity index (χ2n) is 7.15. The lowest BCUT2D eigenvalue weighted by Crippen LogP contribution is -2.25. The van der Waals surface area contributed by atoms with Crippen LogP contribution in [0, 0.1) is 5.92 Å². The molecular formula is C19H28O3. The zero-order chi connectivity index (χ0) is 16.9. The maximum atomic E-state index is 11.6. The van der Waals surface area contributed by atoms with E-state index in [0.29, 0.717) is 17.6 Å². The van der Waals surface area contributed by atoms with Gasteiger partial charge >= 0.3 is 6.16 Å². The first-order valence-corrected chi connectivity index (χ1v) is 7.74. The molecular weight excluding hydrogens is 276 g/mol. The fourth-order valence-corrected chi connectivity index (χ4v) is 2.16. The van der Waals surface area contributed by atoms with Gasteiger partial charge in [-0.15, -0.1) is 0 Å². The lowest BCUT2D eigenvalue weighted by atomic mass is 9.87. The second-order valence-corrected chi connectivity index (χ2v) is 7.15. The molecule has 0 N–H and O–H groups in total. The van der Waals surface area contributed by atoms with Crippen molar-refractivity contribution in [1.82, 2.24) is 0 Å². The molecule has 1 aromatic rings. The molecule has 1 rings (SSSR count). The van der Waals surface area contributed by atoms with Crippen LogP contribution in [-0.2, 0) is 4.74 Å². The van der Waals surface area contributed by atoms with E-state index in [1.165, 1.54) is 11.1 Å². The molecule has 0 saturated heterocycles. The van der Waals surface area contributed by atoms with E-state index in [1.54, 1.807) is 0 Å². The molecule has 1 aromatic carbocycles. The maximum Gasteiger partial charge on any atom is 0.514 e. The Morgan fingerprint density at radius 2 is 1.64 bits per heavy atom. The predicted octanol–water partition coefficient (Wildman–Crippen LogP) is 5.71. The lowest BCUT2D eigenvalue weighted by Gasteiger charge is -2.20. The number of hydrogen-bond donors (Lipinski definition) is 0. The summed E-state index contributed by atoms with van der Waals surface area (Å²) in [6, 6.07) is 7.63. The van der Waals surface area contributed by atoms with Gasteiger partial charge in [-0.25, -0.2) is 4.79 Å². The Hall–Kier alpha value is -1.77. The minimum atomic E-state index is -0.676. The van der Waals surface area contributed by atoms with E-state index < -0.39 is 11.8 Å². The highest BCUT2D eigenvalue weighted by atomic mass is 16.7. The number of carbonyl (C=O) groups excluding carboxylic acids is 1. The van der Waals surface area contributed by atoms with Crippen LogP contribution in [0.2, 0.25) is 0 Å². The molecule has 0 spiro atoms. The van der Waals surface area contributed by atoms with Crippen LogP contribution in [0.4, 0.5) is 4.79 Å². The quantitative estimate of drug-likeness (QED) is 0.406. The fraction of sp³-hybridized carbons (Fsp3) is 0.526. The molecule has 3 heteroatoms. The molecule has 0 radical (unpaired) electrons. The van der Waals surface area contributed by atoms with Gasteiger partial charge in [0.2, 0.25) is 0 Å². The van der Waals surface area contributed by atoms with Crippen molar-refractivity contribution < 1.29 is 14.3 Å². The topological polar surface area (TPSA) is 35.5 Å². The molecule has 0 bridgehead atoms. The van der Waals surface area contributed by atoms with Gasteiger partial charge in [-0.2, -0.15) is 0 Å².